The van der Waals surface area contributed by atoms with Crippen molar-refractivity contribution in [1.29, 1.82) is 0 Å². The SMILES string of the molecule is O=C(CC[C@H]1CCCO1)N[C@H]1CCN(c2ccc(Cl)cc2)C1=O. The molecule has 1 N–H and O–H groups in total. The molecular weight excluding hydrogens is 316 g/mol. The molecule has 0 unspecified atom stereocenters. The molecule has 0 bridgehead atoms. The van der Waals surface area contributed by atoms with Crippen LogP contribution in [0.25, 0.3) is 0 Å². The molecule has 2 amide bonds. The molecule has 0 aliphatic carbocycles. The van der Waals surface area contributed by atoms with Gasteiger partial charge in [0.05, 0.1) is 6.10 Å². The van der Waals surface area contributed by atoms with Crippen molar-refractivity contribution in [2.45, 2.75) is 44.2 Å². The van der Waals surface area contributed by atoms with Gasteiger partial charge >= 0.3 is 0 Å². The first-order chi connectivity index (χ1) is 11.1. The average Bonchev–Trinajstić information content (AvgIpc) is 3.18. The normalized spacial score (nSPS) is 24.2. The van der Waals surface area contributed by atoms with Crippen molar-refractivity contribution in [2.24, 2.45) is 0 Å². The zero-order chi connectivity index (χ0) is 16.2. The highest BCUT2D eigenvalue weighted by Gasteiger charge is 2.33. The molecular formula is C17H21ClN2O3. The van der Waals surface area contributed by atoms with Crippen molar-refractivity contribution in [1.82, 2.24) is 5.32 Å². The van der Waals surface area contributed by atoms with Gasteiger partial charge in [-0.15, -0.1) is 0 Å². The first-order valence-corrected chi connectivity index (χ1v) is 8.49. The molecule has 1 aromatic carbocycles. The van der Waals surface area contributed by atoms with E-state index in [4.69, 9.17) is 16.3 Å². The van der Waals surface area contributed by atoms with E-state index in [1.807, 2.05) is 12.1 Å². The summed E-state index contributed by atoms with van der Waals surface area (Å²) in [7, 11) is 0. The molecule has 2 aliphatic rings. The lowest BCUT2D eigenvalue weighted by Gasteiger charge is -2.17. The lowest BCUT2D eigenvalue weighted by Crippen LogP contribution is -2.41. The van der Waals surface area contributed by atoms with Gasteiger partial charge in [0.25, 0.3) is 0 Å². The second kappa shape index (κ2) is 7.32. The van der Waals surface area contributed by atoms with Crippen molar-refractivity contribution < 1.29 is 14.3 Å². The van der Waals surface area contributed by atoms with Gasteiger partial charge in [0, 0.05) is 30.3 Å². The molecule has 3 rings (SSSR count). The van der Waals surface area contributed by atoms with Gasteiger partial charge in [-0.3, -0.25) is 9.59 Å². The van der Waals surface area contributed by atoms with E-state index >= 15 is 0 Å². The first kappa shape index (κ1) is 16.3. The molecule has 2 fully saturated rings. The fraction of sp³-hybridized carbons (Fsp3) is 0.529. The van der Waals surface area contributed by atoms with Crippen LogP contribution in [-0.4, -0.2) is 37.1 Å². The Labute approximate surface area is 140 Å². The predicted molar refractivity (Wildman–Crippen MR) is 88.6 cm³/mol. The predicted octanol–water partition coefficient (Wildman–Crippen LogP) is 2.52. The molecule has 2 saturated heterocycles. The fourth-order valence-corrected chi connectivity index (χ4v) is 3.25. The topological polar surface area (TPSA) is 58.6 Å². The summed E-state index contributed by atoms with van der Waals surface area (Å²) in [5.41, 5.74) is 0.815. The van der Waals surface area contributed by atoms with Gasteiger partial charge in [0.2, 0.25) is 11.8 Å². The summed E-state index contributed by atoms with van der Waals surface area (Å²) in [6.45, 7) is 1.40. The third-order valence-electron chi connectivity index (χ3n) is 4.40. The molecule has 0 radical (unpaired) electrons. The number of carbonyl (C=O) groups is 2. The fourth-order valence-electron chi connectivity index (χ4n) is 3.12. The highest BCUT2D eigenvalue weighted by Crippen LogP contribution is 2.23. The number of hydrogen-bond donors (Lipinski definition) is 1. The first-order valence-electron chi connectivity index (χ1n) is 8.11. The van der Waals surface area contributed by atoms with Crippen LogP contribution < -0.4 is 10.2 Å². The van der Waals surface area contributed by atoms with Crippen molar-refractivity contribution in [3.63, 3.8) is 0 Å². The second-order valence-electron chi connectivity index (χ2n) is 6.05. The van der Waals surface area contributed by atoms with Gasteiger partial charge in [0.1, 0.15) is 6.04 Å². The number of hydrogen-bond acceptors (Lipinski definition) is 3. The van der Waals surface area contributed by atoms with E-state index in [2.05, 4.69) is 5.32 Å². The summed E-state index contributed by atoms with van der Waals surface area (Å²) in [5, 5.41) is 3.49. The maximum Gasteiger partial charge on any atom is 0.249 e. The van der Waals surface area contributed by atoms with E-state index in [0.29, 0.717) is 24.4 Å². The monoisotopic (exact) mass is 336 g/mol. The Morgan fingerprint density at radius 2 is 2.09 bits per heavy atom. The molecule has 0 saturated carbocycles. The van der Waals surface area contributed by atoms with Gasteiger partial charge in [-0.25, -0.2) is 0 Å². The number of anilines is 1. The summed E-state index contributed by atoms with van der Waals surface area (Å²) in [6.07, 6.45) is 4.07. The van der Waals surface area contributed by atoms with Gasteiger partial charge in [-0.05, 0) is 49.9 Å². The van der Waals surface area contributed by atoms with E-state index in [1.165, 1.54) is 0 Å². The van der Waals surface area contributed by atoms with Crippen LogP contribution in [0.15, 0.2) is 24.3 Å². The van der Waals surface area contributed by atoms with Crippen LogP contribution in [0.3, 0.4) is 0 Å². The largest absolute Gasteiger partial charge is 0.378 e. The van der Waals surface area contributed by atoms with Crippen LogP contribution in [0.2, 0.25) is 5.02 Å². The van der Waals surface area contributed by atoms with Crippen LogP contribution >= 0.6 is 11.6 Å². The molecule has 23 heavy (non-hydrogen) atoms. The van der Waals surface area contributed by atoms with Crippen LogP contribution in [0.4, 0.5) is 5.69 Å². The zero-order valence-corrected chi connectivity index (χ0v) is 13.7. The minimum absolute atomic E-state index is 0.0576. The summed E-state index contributed by atoms with van der Waals surface area (Å²) in [5.74, 6) is -0.130. The molecule has 0 aromatic heterocycles. The molecule has 2 aliphatic heterocycles. The molecule has 0 spiro atoms. The Kier molecular flexibility index (Phi) is 5.18. The van der Waals surface area contributed by atoms with E-state index < -0.39 is 6.04 Å². The summed E-state index contributed by atoms with van der Waals surface area (Å²) < 4.78 is 5.51. The molecule has 124 valence electrons. The number of halogens is 1. The quantitative estimate of drug-likeness (QED) is 0.898. The third kappa shape index (κ3) is 4.03. The van der Waals surface area contributed by atoms with Crippen LogP contribution in [0.1, 0.15) is 32.1 Å². The molecule has 2 heterocycles. The number of rotatable bonds is 5. The summed E-state index contributed by atoms with van der Waals surface area (Å²) in [4.78, 5) is 26.2. The van der Waals surface area contributed by atoms with Crippen molar-refractivity contribution in [2.75, 3.05) is 18.1 Å². The minimum Gasteiger partial charge on any atom is -0.378 e. The zero-order valence-electron chi connectivity index (χ0n) is 13.0. The lowest BCUT2D eigenvalue weighted by molar-refractivity contribution is -0.126. The number of benzene rings is 1. The van der Waals surface area contributed by atoms with Crippen molar-refractivity contribution >= 4 is 29.1 Å². The number of nitrogens with zero attached hydrogens (tertiary/aromatic N) is 1. The third-order valence-corrected chi connectivity index (χ3v) is 4.65. The van der Waals surface area contributed by atoms with E-state index in [0.717, 1.165) is 31.6 Å². The Hall–Kier alpha value is -1.59. The Balaban J connectivity index is 1.50. The van der Waals surface area contributed by atoms with Crippen LogP contribution in [-0.2, 0) is 14.3 Å². The van der Waals surface area contributed by atoms with Gasteiger partial charge in [-0.2, -0.15) is 0 Å². The van der Waals surface area contributed by atoms with E-state index in [9.17, 15) is 9.59 Å². The maximum absolute atomic E-state index is 12.4. The highest BCUT2D eigenvalue weighted by molar-refractivity contribution is 6.30. The number of carbonyl (C=O) groups excluding carboxylic acids is 2. The van der Waals surface area contributed by atoms with Crippen LogP contribution in [0, 0.1) is 0 Å². The molecule has 1 aromatic rings. The summed E-state index contributed by atoms with van der Waals surface area (Å²) in [6, 6.07) is 6.74. The minimum atomic E-state index is -0.428. The lowest BCUT2D eigenvalue weighted by atomic mass is 10.1. The number of nitrogens with one attached hydrogen (secondary N) is 1. The number of amides is 2. The Bertz CT molecular complexity index is 570. The maximum atomic E-state index is 12.4. The number of ether oxygens (including phenoxy) is 1. The standard InChI is InChI=1S/C17H21ClN2O3/c18-12-3-5-13(6-4-12)20-10-9-15(17(20)22)19-16(21)8-7-14-2-1-11-23-14/h3-6,14-15H,1-2,7-11H2,(H,19,21)/t14-,15+/m1/s1. The van der Waals surface area contributed by atoms with Gasteiger partial charge in [-0.1, -0.05) is 11.6 Å². The Morgan fingerprint density at radius 1 is 1.30 bits per heavy atom. The Morgan fingerprint density at radius 3 is 2.78 bits per heavy atom. The second-order valence-corrected chi connectivity index (χ2v) is 6.49. The molecule has 2 atom stereocenters. The highest BCUT2D eigenvalue weighted by atomic mass is 35.5. The van der Waals surface area contributed by atoms with E-state index in [1.54, 1.807) is 17.0 Å². The van der Waals surface area contributed by atoms with Crippen LogP contribution in [0.5, 0.6) is 0 Å². The summed E-state index contributed by atoms with van der Waals surface area (Å²) >= 11 is 5.87. The smallest absolute Gasteiger partial charge is 0.249 e. The van der Waals surface area contributed by atoms with Crippen molar-refractivity contribution in [3.8, 4) is 0 Å². The van der Waals surface area contributed by atoms with Gasteiger partial charge < -0.3 is 15.0 Å². The van der Waals surface area contributed by atoms with Gasteiger partial charge in [0.15, 0.2) is 0 Å². The van der Waals surface area contributed by atoms with Crippen molar-refractivity contribution in [3.05, 3.63) is 29.3 Å². The van der Waals surface area contributed by atoms with E-state index in [-0.39, 0.29) is 17.9 Å². The molecule has 5 nitrogen and oxygen atoms in total. The molecule has 6 heteroatoms. The average molecular weight is 337 g/mol.